The third-order valence-electron chi connectivity index (χ3n) is 1.90. The van der Waals surface area contributed by atoms with Crippen molar-refractivity contribution < 1.29 is 18.0 Å². The molecule has 0 aliphatic heterocycles. The molecule has 0 aromatic carbocycles. The fourth-order valence-electron chi connectivity index (χ4n) is 0.909. The molecule has 0 heterocycles. The zero-order valence-electron chi connectivity index (χ0n) is 6.90. The van der Waals surface area contributed by atoms with Crippen LogP contribution in [0.25, 0.3) is 0 Å². The summed E-state index contributed by atoms with van der Waals surface area (Å²) in [5.41, 5.74) is 4.89. The summed E-state index contributed by atoms with van der Waals surface area (Å²) in [4.78, 5) is 11.0. The lowest BCUT2D eigenvalue weighted by Crippen LogP contribution is -2.50. The molecule has 1 atom stereocenters. The Bertz CT molecular complexity index is 200. The van der Waals surface area contributed by atoms with Crippen LogP contribution in [0.1, 0.15) is 12.8 Å². The Morgan fingerprint density at radius 1 is 1.54 bits per heavy atom. The van der Waals surface area contributed by atoms with Gasteiger partial charge in [0.15, 0.2) is 0 Å². The van der Waals surface area contributed by atoms with Crippen molar-refractivity contribution in [3.05, 3.63) is 0 Å². The molecule has 0 saturated heterocycles. The fraction of sp³-hybridized carbons (Fsp3) is 0.857. The van der Waals surface area contributed by atoms with Gasteiger partial charge in [0.2, 0.25) is 5.91 Å². The molecular formula is C7H11F3N2O. The predicted octanol–water partition coefficient (Wildman–Crippen LogP) is 0.402. The first-order chi connectivity index (χ1) is 5.95. The summed E-state index contributed by atoms with van der Waals surface area (Å²) < 4.78 is 36.2. The molecule has 0 spiro atoms. The van der Waals surface area contributed by atoms with Gasteiger partial charge < -0.3 is 11.1 Å². The van der Waals surface area contributed by atoms with Crippen molar-refractivity contribution in [3.63, 3.8) is 0 Å². The quantitative estimate of drug-likeness (QED) is 0.686. The van der Waals surface area contributed by atoms with Crippen LogP contribution in [0.5, 0.6) is 0 Å². The van der Waals surface area contributed by atoms with E-state index in [4.69, 9.17) is 5.73 Å². The summed E-state index contributed by atoms with van der Waals surface area (Å²) in [6.45, 7) is -0.609. The SMILES string of the molecule is NCC(NC(=O)C1CC1)C(F)(F)F. The Labute approximate surface area is 73.5 Å². The Morgan fingerprint density at radius 2 is 2.08 bits per heavy atom. The lowest BCUT2D eigenvalue weighted by molar-refractivity contribution is -0.160. The summed E-state index contributed by atoms with van der Waals surface area (Å²) in [7, 11) is 0. The second kappa shape index (κ2) is 3.53. The third kappa shape index (κ3) is 2.87. The lowest BCUT2D eigenvalue weighted by Gasteiger charge is -2.19. The average molecular weight is 196 g/mol. The van der Waals surface area contributed by atoms with Gasteiger partial charge in [-0.3, -0.25) is 4.79 Å². The van der Waals surface area contributed by atoms with Gasteiger partial charge in [-0.05, 0) is 12.8 Å². The number of carbonyl (C=O) groups is 1. The van der Waals surface area contributed by atoms with E-state index in [0.717, 1.165) is 0 Å². The predicted molar refractivity (Wildman–Crippen MR) is 39.8 cm³/mol. The summed E-state index contributed by atoms with van der Waals surface area (Å²) in [5, 5.41) is 1.88. The second-order valence-electron chi connectivity index (χ2n) is 3.11. The summed E-state index contributed by atoms with van der Waals surface area (Å²) in [6, 6.07) is -1.90. The van der Waals surface area contributed by atoms with E-state index >= 15 is 0 Å². The van der Waals surface area contributed by atoms with Gasteiger partial charge in [-0.15, -0.1) is 0 Å². The standard InChI is InChI=1S/C7H11F3N2O/c8-7(9,10)5(3-11)12-6(13)4-1-2-4/h4-5H,1-3,11H2,(H,12,13). The van der Waals surface area contributed by atoms with E-state index in [0.29, 0.717) is 12.8 Å². The summed E-state index contributed by atoms with van der Waals surface area (Å²) in [6.07, 6.45) is -3.08. The zero-order chi connectivity index (χ0) is 10.1. The van der Waals surface area contributed by atoms with Crippen molar-refractivity contribution >= 4 is 5.91 Å². The van der Waals surface area contributed by atoms with Gasteiger partial charge in [0.05, 0.1) is 0 Å². The van der Waals surface area contributed by atoms with Crippen LogP contribution < -0.4 is 11.1 Å². The Balaban J connectivity index is 2.43. The Morgan fingerprint density at radius 3 is 2.38 bits per heavy atom. The summed E-state index contributed by atoms with van der Waals surface area (Å²) >= 11 is 0. The molecule has 6 heteroatoms. The van der Waals surface area contributed by atoms with E-state index in [2.05, 4.69) is 0 Å². The van der Waals surface area contributed by atoms with Crippen LogP contribution in [-0.2, 0) is 4.79 Å². The van der Waals surface area contributed by atoms with Crippen molar-refractivity contribution in [2.24, 2.45) is 11.7 Å². The number of rotatable bonds is 3. The number of halogens is 3. The minimum atomic E-state index is -4.45. The number of amides is 1. The number of nitrogens with one attached hydrogen (secondary N) is 1. The monoisotopic (exact) mass is 196 g/mol. The average Bonchev–Trinajstić information content (AvgIpc) is 2.78. The molecule has 1 aliphatic rings. The number of hydrogen-bond donors (Lipinski definition) is 2. The Hall–Kier alpha value is -0.780. The van der Waals surface area contributed by atoms with Gasteiger partial charge in [0.25, 0.3) is 0 Å². The van der Waals surface area contributed by atoms with Crippen molar-refractivity contribution in [3.8, 4) is 0 Å². The molecule has 0 radical (unpaired) electrons. The lowest BCUT2D eigenvalue weighted by atomic mass is 10.2. The van der Waals surface area contributed by atoms with E-state index in [1.165, 1.54) is 0 Å². The number of nitrogens with two attached hydrogens (primary N) is 1. The van der Waals surface area contributed by atoms with Gasteiger partial charge in [0.1, 0.15) is 6.04 Å². The van der Waals surface area contributed by atoms with E-state index in [1.807, 2.05) is 5.32 Å². The molecule has 1 amide bonds. The molecule has 1 unspecified atom stereocenters. The highest BCUT2D eigenvalue weighted by Gasteiger charge is 2.41. The molecule has 3 N–H and O–H groups in total. The van der Waals surface area contributed by atoms with Crippen LogP contribution in [0.2, 0.25) is 0 Å². The molecule has 1 saturated carbocycles. The van der Waals surface area contributed by atoms with Crippen LogP contribution in [-0.4, -0.2) is 24.7 Å². The largest absolute Gasteiger partial charge is 0.409 e. The molecule has 0 aromatic rings. The first-order valence-electron chi connectivity index (χ1n) is 4.02. The highest BCUT2D eigenvalue weighted by molar-refractivity contribution is 5.81. The zero-order valence-corrected chi connectivity index (χ0v) is 6.90. The van der Waals surface area contributed by atoms with Crippen LogP contribution in [0.4, 0.5) is 13.2 Å². The summed E-state index contributed by atoms with van der Waals surface area (Å²) in [5.74, 6) is -0.760. The number of alkyl halides is 3. The van der Waals surface area contributed by atoms with Crippen molar-refractivity contribution in [1.82, 2.24) is 5.32 Å². The maximum Gasteiger partial charge on any atom is 0.409 e. The van der Waals surface area contributed by atoms with Gasteiger partial charge >= 0.3 is 6.18 Å². The van der Waals surface area contributed by atoms with E-state index in [1.54, 1.807) is 0 Å². The third-order valence-corrected chi connectivity index (χ3v) is 1.90. The van der Waals surface area contributed by atoms with Gasteiger partial charge in [-0.1, -0.05) is 0 Å². The highest BCUT2D eigenvalue weighted by Crippen LogP contribution is 2.29. The van der Waals surface area contributed by atoms with Gasteiger partial charge in [-0.2, -0.15) is 13.2 Å². The molecule has 0 aromatic heterocycles. The molecule has 0 bridgehead atoms. The highest BCUT2D eigenvalue weighted by atomic mass is 19.4. The number of carbonyl (C=O) groups excluding carboxylic acids is 1. The smallest absolute Gasteiger partial charge is 0.343 e. The number of hydrogen-bond acceptors (Lipinski definition) is 2. The van der Waals surface area contributed by atoms with E-state index < -0.39 is 24.7 Å². The Kier molecular flexibility index (Phi) is 2.80. The fourth-order valence-corrected chi connectivity index (χ4v) is 0.909. The second-order valence-corrected chi connectivity index (χ2v) is 3.11. The van der Waals surface area contributed by atoms with Crippen LogP contribution in [0, 0.1) is 5.92 Å². The normalized spacial score (nSPS) is 19.7. The maximum atomic E-state index is 12.1. The molecule has 76 valence electrons. The van der Waals surface area contributed by atoms with Crippen molar-refractivity contribution in [2.75, 3.05) is 6.54 Å². The minimum Gasteiger partial charge on any atom is -0.343 e. The topological polar surface area (TPSA) is 55.1 Å². The molecule has 1 rings (SSSR count). The van der Waals surface area contributed by atoms with Crippen LogP contribution in [0.15, 0.2) is 0 Å². The van der Waals surface area contributed by atoms with Crippen LogP contribution in [0.3, 0.4) is 0 Å². The molecule has 1 aliphatic carbocycles. The van der Waals surface area contributed by atoms with E-state index in [-0.39, 0.29) is 5.92 Å². The molecule has 13 heavy (non-hydrogen) atoms. The first kappa shape index (κ1) is 10.3. The van der Waals surface area contributed by atoms with Crippen molar-refractivity contribution in [1.29, 1.82) is 0 Å². The first-order valence-corrected chi connectivity index (χ1v) is 4.02. The maximum absolute atomic E-state index is 12.1. The molecular weight excluding hydrogens is 185 g/mol. The van der Waals surface area contributed by atoms with Gasteiger partial charge in [-0.25, -0.2) is 0 Å². The minimum absolute atomic E-state index is 0.226. The van der Waals surface area contributed by atoms with Gasteiger partial charge in [0, 0.05) is 12.5 Å². The molecule has 1 fully saturated rings. The molecule has 3 nitrogen and oxygen atoms in total. The van der Waals surface area contributed by atoms with Crippen LogP contribution >= 0.6 is 0 Å². The van der Waals surface area contributed by atoms with Crippen molar-refractivity contribution in [2.45, 2.75) is 25.1 Å². The van der Waals surface area contributed by atoms with E-state index in [9.17, 15) is 18.0 Å².